The zero-order valence-corrected chi connectivity index (χ0v) is 10.4. The highest BCUT2D eigenvalue weighted by atomic mass is 79.9. The van der Waals surface area contributed by atoms with Crippen LogP contribution in [0.15, 0.2) is 0 Å². The van der Waals surface area contributed by atoms with E-state index in [-0.39, 0.29) is 13.2 Å². The lowest BCUT2D eigenvalue weighted by atomic mass is 10.2. The van der Waals surface area contributed by atoms with Gasteiger partial charge in [-0.2, -0.15) is 13.2 Å². The molecule has 0 aromatic heterocycles. The molecule has 0 saturated carbocycles. The van der Waals surface area contributed by atoms with E-state index in [1.165, 1.54) is 0 Å². The Morgan fingerprint density at radius 3 is 1.93 bits per heavy atom. The fourth-order valence-electron chi connectivity index (χ4n) is 0.718. The van der Waals surface area contributed by atoms with Gasteiger partial charge in [-0.05, 0) is 5.92 Å². The summed E-state index contributed by atoms with van der Waals surface area (Å²) in [5, 5.41) is 0. The monoisotopic (exact) mass is 292 g/mol. The average Bonchev–Trinajstić information content (AvgIpc) is 2.08. The fraction of sp³-hybridized carbons (Fsp3) is 1.00. The molecule has 0 N–H and O–H groups in total. The van der Waals surface area contributed by atoms with Crippen LogP contribution in [0.25, 0.3) is 0 Å². The van der Waals surface area contributed by atoms with Crippen LogP contribution in [0.5, 0.6) is 0 Å². The summed E-state index contributed by atoms with van der Waals surface area (Å²) in [5.41, 5.74) is 0. The van der Waals surface area contributed by atoms with E-state index in [1.54, 1.807) is 0 Å². The number of ether oxygens (including phenoxy) is 2. The van der Waals surface area contributed by atoms with Gasteiger partial charge >= 0.3 is 6.18 Å². The lowest BCUT2D eigenvalue weighted by Crippen LogP contribution is -2.28. The second-order valence-electron chi connectivity index (χ2n) is 3.55. The topological polar surface area (TPSA) is 18.5 Å². The Labute approximate surface area is 96.3 Å². The largest absolute Gasteiger partial charge is 0.403 e. The SMILES string of the molecule is CC(C)COCCOCC(Br)C(F)(F)F. The Morgan fingerprint density at radius 1 is 1.07 bits per heavy atom. The van der Waals surface area contributed by atoms with Crippen molar-refractivity contribution in [1.29, 1.82) is 0 Å². The quantitative estimate of drug-likeness (QED) is 0.530. The number of hydrogen-bond acceptors (Lipinski definition) is 2. The summed E-state index contributed by atoms with van der Waals surface area (Å²) in [6.45, 7) is 4.73. The predicted octanol–water partition coefficient (Wildman–Crippen LogP) is 3.00. The third kappa shape index (κ3) is 9.14. The third-order valence-electron chi connectivity index (χ3n) is 1.44. The molecule has 0 amide bonds. The van der Waals surface area contributed by atoms with Gasteiger partial charge in [-0.1, -0.05) is 29.8 Å². The Kier molecular flexibility index (Phi) is 7.56. The van der Waals surface area contributed by atoms with Crippen molar-refractivity contribution in [2.45, 2.75) is 24.9 Å². The van der Waals surface area contributed by atoms with Crippen molar-refractivity contribution in [1.82, 2.24) is 0 Å². The van der Waals surface area contributed by atoms with E-state index in [4.69, 9.17) is 9.47 Å². The van der Waals surface area contributed by atoms with Crippen LogP contribution >= 0.6 is 15.9 Å². The molecule has 1 unspecified atom stereocenters. The number of rotatable bonds is 7. The molecule has 0 fully saturated rings. The van der Waals surface area contributed by atoms with Gasteiger partial charge in [0.2, 0.25) is 0 Å². The maximum absolute atomic E-state index is 12.0. The fourth-order valence-corrected chi connectivity index (χ4v) is 0.905. The van der Waals surface area contributed by atoms with Gasteiger partial charge in [0, 0.05) is 6.61 Å². The molecule has 0 aromatic rings. The summed E-state index contributed by atoms with van der Waals surface area (Å²) in [6.07, 6.45) is -4.25. The lowest BCUT2D eigenvalue weighted by molar-refractivity contribution is -0.138. The first-order valence-corrected chi connectivity index (χ1v) is 5.62. The molecule has 2 nitrogen and oxygen atoms in total. The minimum Gasteiger partial charge on any atom is -0.379 e. The first-order valence-electron chi connectivity index (χ1n) is 4.70. The molecular weight excluding hydrogens is 277 g/mol. The van der Waals surface area contributed by atoms with Crippen LogP contribution in [0.1, 0.15) is 13.8 Å². The molecule has 0 saturated heterocycles. The van der Waals surface area contributed by atoms with Gasteiger partial charge in [0.15, 0.2) is 0 Å². The van der Waals surface area contributed by atoms with Gasteiger partial charge in [-0.15, -0.1) is 0 Å². The van der Waals surface area contributed by atoms with Gasteiger partial charge in [0.05, 0.1) is 19.8 Å². The number of halogens is 4. The minimum atomic E-state index is -4.25. The first-order chi connectivity index (χ1) is 6.84. The molecule has 0 radical (unpaired) electrons. The molecule has 1 atom stereocenters. The maximum atomic E-state index is 12.0. The zero-order chi connectivity index (χ0) is 11.9. The normalized spacial score (nSPS) is 14.6. The second kappa shape index (κ2) is 7.46. The zero-order valence-electron chi connectivity index (χ0n) is 8.81. The summed E-state index contributed by atoms with van der Waals surface area (Å²) in [4.78, 5) is -1.60. The summed E-state index contributed by atoms with van der Waals surface area (Å²) in [5.74, 6) is 0.420. The van der Waals surface area contributed by atoms with Gasteiger partial charge in [-0.25, -0.2) is 0 Å². The molecule has 6 heteroatoms. The van der Waals surface area contributed by atoms with Crippen LogP contribution in [-0.4, -0.2) is 37.4 Å². The molecule has 0 rings (SSSR count). The summed E-state index contributed by atoms with van der Waals surface area (Å²) in [7, 11) is 0. The van der Waals surface area contributed by atoms with Crippen molar-refractivity contribution in [2.75, 3.05) is 26.4 Å². The Balaban J connectivity index is 3.32. The molecule has 0 aromatic carbocycles. The molecule has 0 heterocycles. The van der Waals surface area contributed by atoms with Crippen LogP contribution in [0.3, 0.4) is 0 Å². The molecule has 0 bridgehead atoms. The van der Waals surface area contributed by atoms with Gasteiger partial charge < -0.3 is 9.47 Å². The molecule has 0 aliphatic carbocycles. The van der Waals surface area contributed by atoms with Crippen molar-refractivity contribution < 1.29 is 22.6 Å². The lowest BCUT2D eigenvalue weighted by Gasteiger charge is -2.14. The van der Waals surface area contributed by atoms with Gasteiger partial charge in [0.25, 0.3) is 0 Å². The smallest absolute Gasteiger partial charge is 0.379 e. The van der Waals surface area contributed by atoms with Crippen LogP contribution < -0.4 is 0 Å². The van der Waals surface area contributed by atoms with E-state index in [0.29, 0.717) is 19.1 Å². The van der Waals surface area contributed by atoms with E-state index in [9.17, 15) is 13.2 Å². The van der Waals surface area contributed by atoms with Crippen molar-refractivity contribution in [3.63, 3.8) is 0 Å². The third-order valence-corrected chi connectivity index (χ3v) is 2.23. The van der Waals surface area contributed by atoms with E-state index < -0.39 is 11.0 Å². The highest BCUT2D eigenvalue weighted by Crippen LogP contribution is 2.26. The molecule has 92 valence electrons. The first kappa shape index (κ1) is 15.2. The average molecular weight is 293 g/mol. The predicted molar refractivity (Wildman–Crippen MR) is 55.2 cm³/mol. The highest BCUT2D eigenvalue weighted by molar-refractivity contribution is 9.09. The second-order valence-corrected chi connectivity index (χ2v) is 4.66. The van der Waals surface area contributed by atoms with E-state index in [2.05, 4.69) is 15.9 Å². The summed E-state index contributed by atoms with van der Waals surface area (Å²) < 4.78 is 45.9. The Bertz CT molecular complexity index is 162. The van der Waals surface area contributed by atoms with Crippen LogP contribution in [0, 0.1) is 5.92 Å². The summed E-state index contributed by atoms with van der Waals surface area (Å²) >= 11 is 2.50. The van der Waals surface area contributed by atoms with E-state index in [1.807, 2.05) is 13.8 Å². The Morgan fingerprint density at radius 2 is 1.53 bits per heavy atom. The number of hydrogen-bond donors (Lipinski definition) is 0. The molecule has 0 aliphatic rings. The highest BCUT2D eigenvalue weighted by Gasteiger charge is 2.37. The van der Waals surface area contributed by atoms with E-state index >= 15 is 0 Å². The van der Waals surface area contributed by atoms with Gasteiger partial charge in [-0.3, -0.25) is 0 Å². The maximum Gasteiger partial charge on any atom is 0.403 e. The van der Waals surface area contributed by atoms with Crippen molar-refractivity contribution in [3.8, 4) is 0 Å². The van der Waals surface area contributed by atoms with Crippen LogP contribution in [0.4, 0.5) is 13.2 Å². The molecule has 0 spiro atoms. The minimum absolute atomic E-state index is 0.185. The molecule has 15 heavy (non-hydrogen) atoms. The molecular formula is C9H16BrF3O2. The standard InChI is InChI=1S/C9H16BrF3O2/c1-7(2)5-14-3-4-15-6-8(10)9(11,12)13/h7-8H,3-6H2,1-2H3. The number of alkyl halides is 4. The van der Waals surface area contributed by atoms with Gasteiger partial charge in [0.1, 0.15) is 4.83 Å². The van der Waals surface area contributed by atoms with Crippen LogP contribution in [0.2, 0.25) is 0 Å². The van der Waals surface area contributed by atoms with Crippen molar-refractivity contribution in [3.05, 3.63) is 0 Å². The van der Waals surface area contributed by atoms with Crippen LogP contribution in [-0.2, 0) is 9.47 Å². The Hall–Kier alpha value is 0.190. The van der Waals surface area contributed by atoms with Crippen molar-refractivity contribution >= 4 is 15.9 Å². The van der Waals surface area contributed by atoms with E-state index in [0.717, 1.165) is 0 Å². The summed E-state index contributed by atoms with van der Waals surface area (Å²) in [6, 6.07) is 0. The molecule has 0 aliphatic heterocycles. The van der Waals surface area contributed by atoms with Crippen molar-refractivity contribution in [2.24, 2.45) is 5.92 Å².